The SMILES string of the molecule is CCS(=O)(=O)N(CC(=O)OC(C)C)c1cccc(C(F)(F)F)c1. The van der Waals surface area contributed by atoms with Gasteiger partial charge in [0.05, 0.1) is 23.1 Å². The average Bonchev–Trinajstić information content (AvgIpc) is 2.43. The number of anilines is 1. The predicted molar refractivity (Wildman–Crippen MR) is 79.5 cm³/mol. The molecule has 23 heavy (non-hydrogen) atoms. The molecule has 0 radical (unpaired) electrons. The number of carbonyl (C=O) groups is 1. The molecule has 0 aromatic heterocycles. The molecule has 1 aromatic rings. The van der Waals surface area contributed by atoms with E-state index in [9.17, 15) is 26.4 Å². The zero-order valence-electron chi connectivity index (χ0n) is 12.9. The first kappa shape index (κ1) is 19.3. The molecule has 1 rings (SSSR count). The largest absolute Gasteiger partial charge is 0.462 e. The molecule has 1 aromatic carbocycles. The summed E-state index contributed by atoms with van der Waals surface area (Å²) >= 11 is 0. The second-order valence-electron chi connectivity index (χ2n) is 4.99. The van der Waals surface area contributed by atoms with Crippen molar-refractivity contribution in [2.75, 3.05) is 16.6 Å². The van der Waals surface area contributed by atoms with E-state index >= 15 is 0 Å². The highest BCUT2D eigenvalue weighted by atomic mass is 32.2. The van der Waals surface area contributed by atoms with E-state index in [1.807, 2.05) is 0 Å². The number of hydrogen-bond donors (Lipinski definition) is 0. The van der Waals surface area contributed by atoms with Crippen LogP contribution in [0.3, 0.4) is 0 Å². The second-order valence-corrected chi connectivity index (χ2v) is 7.18. The summed E-state index contributed by atoms with van der Waals surface area (Å²) in [5.74, 6) is -1.20. The Balaban J connectivity index is 3.23. The summed E-state index contributed by atoms with van der Waals surface area (Å²) in [5, 5.41) is 0. The second kappa shape index (κ2) is 7.20. The molecule has 0 atom stereocenters. The van der Waals surface area contributed by atoms with E-state index in [0.29, 0.717) is 10.4 Å². The van der Waals surface area contributed by atoms with E-state index in [-0.39, 0.29) is 11.4 Å². The molecular weight excluding hydrogens is 335 g/mol. The van der Waals surface area contributed by atoms with Crippen molar-refractivity contribution >= 4 is 21.7 Å². The number of rotatable bonds is 6. The Labute approximate surface area is 133 Å². The molecular formula is C14H18F3NO4S. The molecule has 0 saturated heterocycles. The number of esters is 1. The molecule has 0 spiro atoms. The summed E-state index contributed by atoms with van der Waals surface area (Å²) in [5.41, 5.74) is -1.23. The van der Waals surface area contributed by atoms with E-state index in [1.165, 1.54) is 13.0 Å². The topological polar surface area (TPSA) is 63.7 Å². The van der Waals surface area contributed by atoms with Gasteiger partial charge in [-0.2, -0.15) is 13.2 Å². The molecule has 0 unspecified atom stereocenters. The highest BCUT2D eigenvalue weighted by molar-refractivity contribution is 7.92. The first-order valence-electron chi connectivity index (χ1n) is 6.84. The molecule has 9 heteroatoms. The summed E-state index contributed by atoms with van der Waals surface area (Å²) in [6.07, 6.45) is -5.08. The van der Waals surface area contributed by atoms with Crippen LogP contribution in [0.4, 0.5) is 18.9 Å². The van der Waals surface area contributed by atoms with Crippen molar-refractivity contribution in [2.24, 2.45) is 0 Å². The first-order chi connectivity index (χ1) is 10.5. The van der Waals surface area contributed by atoms with Crippen molar-refractivity contribution in [2.45, 2.75) is 33.1 Å². The van der Waals surface area contributed by atoms with E-state index in [0.717, 1.165) is 12.1 Å². The lowest BCUT2D eigenvalue weighted by Crippen LogP contribution is -2.38. The van der Waals surface area contributed by atoms with Crippen LogP contribution in [0.1, 0.15) is 26.3 Å². The molecule has 0 amide bonds. The Morgan fingerprint density at radius 1 is 1.30 bits per heavy atom. The Hall–Kier alpha value is -1.77. The van der Waals surface area contributed by atoms with Crippen molar-refractivity contribution in [3.8, 4) is 0 Å². The molecule has 0 bridgehead atoms. The molecule has 0 N–H and O–H groups in total. The number of halogens is 3. The summed E-state index contributed by atoms with van der Waals surface area (Å²) in [7, 11) is -3.94. The molecule has 0 fully saturated rings. The van der Waals surface area contributed by atoms with Gasteiger partial charge in [0.2, 0.25) is 10.0 Å². The van der Waals surface area contributed by atoms with E-state index in [4.69, 9.17) is 4.74 Å². The Bertz CT molecular complexity index is 656. The molecule has 130 valence electrons. The quantitative estimate of drug-likeness (QED) is 0.738. The van der Waals surface area contributed by atoms with Gasteiger partial charge >= 0.3 is 12.1 Å². The minimum atomic E-state index is -4.61. The van der Waals surface area contributed by atoms with Gasteiger partial charge in [0.25, 0.3) is 0 Å². The standard InChI is InChI=1S/C14H18F3NO4S/c1-4-23(20,21)18(9-13(19)22-10(2)3)12-7-5-6-11(8-12)14(15,16)17/h5-8,10H,4,9H2,1-3H3. The van der Waals surface area contributed by atoms with Gasteiger partial charge in [0, 0.05) is 0 Å². The summed E-state index contributed by atoms with van der Waals surface area (Å²) in [6.45, 7) is 3.82. The first-order valence-corrected chi connectivity index (χ1v) is 8.45. The van der Waals surface area contributed by atoms with Gasteiger partial charge in [-0.3, -0.25) is 9.10 Å². The summed E-state index contributed by atoms with van der Waals surface area (Å²) in [4.78, 5) is 11.7. The minimum absolute atomic E-state index is 0.234. The number of hydrogen-bond acceptors (Lipinski definition) is 4. The fourth-order valence-corrected chi connectivity index (χ4v) is 2.81. The lowest BCUT2D eigenvalue weighted by molar-refractivity contribution is -0.145. The van der Waals surface area contributed by atoms with Crippen LogP contribution in [0.5, 0.6) is 0 Å². The minimum Gasteiger partial charge on any atom is -0.462 e. The van der Waals surface area contributed by atoms with Gasteiger partial charge in [-0.05, 0) is 39.0 Å². The Kier molecular flexibility index (Phi) is 6.04. The van der Waals surface area contributed by atoms with Gasteiger partial charge in [-0.25, -0.2) is 8.42 Å². The van der Waals surface area contributed by atoms with Gasteiger partial charge in [-0.1, -0.05) is 6.07 Å². The molecule has 5 nitrogen and oxygen atoms in total. The maximum Gasteiger partial charge on any atom is 0.416 e. The van der Waals surface area contributed by atoms with Crippen LogP contribution >= 0.6 is 0 Å². The van der Waals surface area contributed by atoms with Crippen molar-refractivity contribution in [1.82, 2.24) is 0 Å². The van der Waals surface area contributed by atoms with Crippen LogP contribution in [0.15, 0.2) is 24.3 Å². The van der Waals surface area contributed by atoms with Crippen LogP contribution < -0.4 is 4.31 Å². The fraction of sp³-hybridized carbons (Fsp3) is 0.500. The van der Waals surface area contributed by atoms with Crippen molar-refractivity contribution in [3.63, 3.8) is 0 Å². The van der Waals surface area contributed by atoms with E-state index in [1.54, 1.807) is 13.8 Å². The number of benzene rings is 1. The third kappa shape index (κ3) is 5.42. The van der Waals surface area contributed by atoms with Crippen LogP contribution in [-0.4, -0.2) is 32.8 Å². The average molecular weight is 353 g/mol. The summed E-state index contributed by atoms with van der Waals surface area (Å²) < 4.78 is 68.1. The maximum atomic E-state index is 12.8. The highest BCUT2D eigenvalue weighted by Crippen LogP contribution is 2.32. The maximum absolute atomic E-state index is 12.8. The highest BCUT2D eigenvalue weighted by Gasteiger charge is 2.32. The third-order valence-corrected chi connectivity index (χ3v) is 4.54. The number of carbonyl (C=O) groups excluding carboxylic acids is 1. The normalized spacial score (nSPS) is 12.3. The zero-order chi connectivity index (χ0) is 17.8. The molecule has 0 aliphatic heterocycles. The van der Waals surface area contributed by atoms with Crippen molar-refractivity contribution in [1.29, 1.82) is 0 Å². The van der Waals surface area contributed by atoms with Gasteiger partial charge < -0.3 is 4.74 Å². The van der Waals surface area contributed by atoms with Crippen LogP contribution in [0.25, 0.3) is 0 Å². The molecule has 0 heterocycles. The van der Waals surface area contributed by atoms with Crippen LogP contribution in [0, 0.1) is 0 Å². The zero-order valence-corrected chi connectivity index (χ0v) is 13.7. The van der Waals surface area contributed by atoms with Gasteiger partial charge in [-0.15, -0.1) is 0 Å². The Morgan fingerprint density at radius 3 is 2.39 bits per heavy atom. The molecule has 0 aliphatic carbocycles. The van der Waals surface area contributed by atoms with E-state index in [2.05, 4.69) is 0 Å². The van der Waals surface area contributed by atoms with Crippen LogP contribution in [0.2, 0.25) is 0 Å². The van der Waals surface area contributed by atoms with Crippen LogP contribution in [-0.2, 0) is 25.7 Å². The lowest BCUT2D eigenvalue weighted by Gasteiger charge is -2.24. The van der Waals surface area contributed by atoms with E-state index < -0.39 is 40.4 Å². The van der Waals surface area contributed by atoms with Gasteiger partial charge in [0.1, 0.15) is 6.54 Å². The molecule has 0 aliphatic rings. The number of alkyl halides is 3. The number of sulfonamides is 1. The number of ether oxygens (including phenoxy) is 1. The lowest BCUT2D eigenvalue weighted by atomic mass is 10.2. The fourth-order valence-electron chi connectivity index (χ4n) is 1.76. The van der Waals surface area contributed by atoms with Crippen molar-refractivity contribution < 1.29 is 31.1 Å². The Morgan fingerprint density at radius 2 is 1.91 bits per heavy atom. The third-order valence-electron chi connectivity index (χ3n) is 2.80. The van der Waals surface area contributed by atoms with Gasteiger partial charge in [0.15, 0.2) is 0 Å². The van der Waals surface area contributed by atoms with Crippen molar-refractivity contribution in [3.05, 3.63) is 29.8 Å². The smallest absolute Gasteiger partial charge is 0.416 e. The predicted octanol–water partition coefficient (Wildman–Crippen LogP) is 2.81. The summed E-state index contributed by atoms with van der Waals surface area (Å²) in [6, 6.07) is 3.80. The molecule has 0 saturated carbocycles. The number of nitrogens with zero attached hydrogens (tertiary/aromatic N) is 1. The monoisotopic (exact) mass is 353 g/mol.